The molecule has 0 saturated carbocycles. The van der Waals surface area contributed by atoms with E-state index >= 15 is 0 Å². The average Bonchev–Trinajstić information content (AvgIpc) is 3.06. The first kappa shape index (κ1) is 21.0. The lowest BCUT2D eigenvalue weighted by molar-refractivity contribution is -0.143. The Kier molecular flexibility index (Phi) is 5.76. The van der Waals surface area contributed by atoms with E-state index < -0.39 is 21.7 Å². The molecule has 0 amide bonds. The second-order valence-corrected chi connectivity index (χ2v) is 8.42. The first-order chi connectivity index (χ1) is 13.6. The second kappa shape index (κ2) is 7.96. The molecule has 3 rings (SSSR count). The highest BCUT2D eigenvalue weighted by atomic mass is 32.2. The van der Waals surface area contributed by atoms with Gasteiger partial charge in [-0.3, -0.25) is 9.67 Å². The number of aromatic nitrogens is 3. The van der Waals surface area contributed by atoms with Crippen molar-refractivity contribution in [2.45, 2.75) is 24.0 Å². The van der Waals surface area contributed by atoms with E-state index in [2.05, 4.69) is 10.1 Å². The van der Waals surface area contributed by atoms with Gasteiger partial charge in [0.15, 0.2) is 15.5 Å². The molecule has 2 heterocycles. The molecule has 0 aliphatic carbocycles. The number of sulfone groups is 1. The molecule has 0 radical (unpaired) electrons. The molecule has 3 aromatic rings. The lowest BCUT2D eigenvalue weighted by atomic mass is 9.99. The van der Waals surface area contributed by atoms with Crippen molar-refractivity contribution in [3.8, 4) is 22.4 Å². The van der Waals surface area contributed by atoms with Crippen molar-refractivity contribution >= 4 is 9.84 Å². The lowest BCUT2D eigenvalue weighted by Crippen LogP contribution is -2.16. The third-order valence-corrected chi connectivity index (χ3v) is 5.40. The number of hydrogen-bond donors (Lipinski definition) is 1. The summed E-state index contributed by atoms with van der Waals surface area (Å²) in [4.78, 5) is 3.91. The van der Waals surface area contributed by atoms with Crippen LogP contribution in [0.3, 0.4) is 0 Å². The smallest absolute Gasteiger partial charge is 0.396 e. The zero-order chi connectivity index (χ0) is 21.2. The van der Waals surface area contributed by atoms with Gasteiger partial charge in [0.2, 0.25) is 0 Å². The Hall–Kier alpha value is -2.72. The van der Waals surface area contributed by atoms with Crippen LogP contribution in [0.2, 0.25) is 0 Å². The summed E-state index contributed by atoms with van der Waals surface area (Å²) in [6.45, 7) is -0.398. The Morgan fingerprint density at radius 1 is 1.03 bits per heavy atom. The van der Waals surface area contributed by atoms with Crippen LogP contribution in [-0.4, -0.2) is 41.2 Å². The van der Waals surface area contributed by atoms with E-state index in [4.69, 9.17) is 5.11 Å². The van der Waals surface area contributed by atoms with Crippen molar-refractivity contribution in [1.82, 2.24) is 14.8 Å². The normalized spacial score (nSPS) is 12.3. The molecule has 0 aliphatic rings. The highest BCUT2D eigenvalue weighted by Gasteiger charge is 2.40. The molecule has 0 fully saturated rings. The Balaban J connectivity index is 2.27. The summed E-state index contributed by atoms with van der Waals surface area (Å²) >= 11 is 0. The predicted octanol–water partition coefficient (Wildman–Crippen LogP) is 3.42. The maximum Gasteiger partial charge on any atom is 0.433 e. The average molecular weight is 425 g/mol. The van der Waals surface area contributed by atoms with E-state index in [1.807, 2.05) is 0 Å². The van der Waals surface area contributed by atoms with Gasteiger partial charge in [-0.2, -0.15) is 18.3 Å². The van der Waals surface area contributed by atoms with Crippen LogP contribution in [0.5, 0.6) is 0 Å². The van der Waals surface area contributed by atoms with Gasteiger partial charge in [-0.1, -0.05) is 12.1 Å². The third-order valence-electron chi connectivity index (χ3n) is 4.27. The van der Waals surface area contributed by atoms with Crippen LogP contribution < -0.4 is 0 Å². The number of rotatable bonds is 6. The number of nitrogens with zero attached hydrogens (tertiary/aromatic N) is 3. The number of aryl methyl sites for hydroxylation is 1. The van der Waals surface area contributed by atoms with Crippen molar-refractivity contribution in [3.63, 3.8) is 0 Å². The molecule has 10 heteroatoms. The van der Waals surface area contributed by atoms with Gasteiger partial charge in [-0.05, 0) is 36.2 Å². The molecule has 6 nitrogen and oxygen atoms in total. The first-order valence-electron chi connectivity index (χ1n) is 8.62. The van der Waals surface area contributed by atoms with E-state index in [9.17, 15) is 21.6 Å². The number of halogens is 3. The largest absolute Gasteiger partial charge is 0.433 e. The maximum atomic E-state index is 14.0. The van der Waals surface area contributed by atoms with Crippen molar-refractivity contribution < 1.29 is 26.7 Å². The third kappa shape index (κ3) is 4.48. The second-order valence-electron chi connectivity index (χ2n) is 6.40. The molecule has 0 spiro atoms. The monoisotopic (exact) mass is 425 g/mol. The predicted molar refractivity (Wildman–Crippen MR) is 101 cm³/mol. The molecule has 1 N–H and O–H groups in total. The molecule has 0 aliphatic heterocycles. The minimum absolute atomic E-state index is 0.0578. The standard InChI is InChI=1S/C19H18F3N3O3S/c1-29(27,28)15-5-3-14(4-6-15)17-16(13-7-9-23-10-8-13)18(19(20,21)22)25(24-17)11-2-12-26/h3-10,26H,2,11-12H2,1H3. The zero-order valence-electron chi connectivity index (χ0n) is 15.4. The molecule has 1 aromatic carbocycles. The number of aliphatic hydroxyl groups is 1. The van der Waals surface area contributed by atoms with Crippen LogP contribution >= 0.6 is 0 Å². The Morgan fingerprint density at radius 3 is 2.17 bits per heavy atom. The fourth-order valence-electron chi connectivity index (χ4n) is 2.99. The summed E-state index contributed by atoms with van der Waals surface area (Å²) < 4.78 is 66.1. The molecular weight excluding hydrogens is 407 g/mol. The minimum Gasteiger partial charge on any atom is -0.396 e. The summed E-state index contributed by atoms with van der Waals surface area (Å²) in [5, 5.41) is 13.2. The fraction of sp³-hybridized carbons (Fsp3) is 0.263. The van der Waals surface area contributed by atoms with Crippen LogP contribution in [0.4, 0.5) is 13.2 Å². The van der Waals surface area contributed by atoms with Gasteiger partial charge < -0.3 is 5.11 Å². The summed E-state index contributed by atoms with van der Waals surface area (Å²) in [5.41, 5.74) is -0.354. The van der Waals surface area contributed by atoms with E-state index in [0.29, 0.717) is 5.56 Å². The van der Waals surface area contributed by atoms with Crippen LogP contribution in [0.25, 0.3) is 22.4 Å². The lowest BCUT2D eigenvalue weighted by Gasteiger charge is -2.12. The van der Waals surface area contributed by atoms with Gasteiger partial charge >= 0.3 is 6.18 Å². The van der Waals surface area contributed by atoms with Gasteiger partial charge in [0.25, 0.3) is 0 Å². The van der Waals surface area contributed by atoms with Crippen molar-refractivity contribution in [3.05, 3.63) is 54.5 Å². The molecule has 0 saturated heterocycles. The number of aliphatic hydroxyl groups excluding tert-OH is 1. The molecule has 154 valence electrons. The highest BCUT2D eigenvalue weighted by molar-refractivity contribution is 7.90. The van der Waals surface area contributed by atoms with Crippen molar-refractivity contribution in [2.24, 2.45) is 0 Å². The van der Waals surface area contributed by atoms with Crippen LogP contribution in [0, 0.1) is 0 Å². The summed E-state index contributed by atoms with van der Waals surface area (Å²) in [7, 11) is -3.44. The number of hydrogen-bond acceptors (Lipinski definition) is 5. The van der Waals surface area contributed by atoms with Crippen molar-refractivity contribution in [1.29, 1.82) is 0 Å². The fourth-order valence-corrected chi connectivity index (χ4v) is 3.62. The molecule has 0 bridgehead atoms. The van der Waals surface area contributed by atoms with Gasteiger partial charge in [-0.25, -0.2) is 8.42 Å². The van der Waals surface area contributed by atoms with E-state index in [1.54, 1.807) is 0 Å². The number of pyridine rings is 1. The quantitative estimate of drug-likeness (QED) is 0.654. The Labute approximate surface area is 165 Å². The number of benzene rings is 1. The molecular formula is C19H18F3N3O3S. The van der Waals surface area contributed by atoms with Gasteiger partial charge in [0, 0.05) is 42.9 Å². The molecule has 0 atom stereocenters. The topological polar surface area (TPSA) is 85.1 Å². The van der Waals surface area contributed by atoms with Crippen LogP contribution in [0.15, 0.2) is 53.7 Å². The summed E-state index contributed by atoms with van der Waals surface area (Å²) in [6, 6.07) is 8.44. The van der Waals surface area contributed by atoms with Crippen LogP contribution in [-0.2, 0) is 22.6 Å². The number of alkyl halides is 3. The van der Waals surface area contributed by atoms with E-state index in [-0.39, 0.29) is 41.3 Å². The summed E-state index contributed by atoms with van der Waals surface area (Å²) in [6.07, 6.45) is -0.761. The van der Waals surface area contributed by atoms with Crippen LogP contribution in [0.1, 0.15) is 12.1 Å². The summed E-state index contributed by atoms with van der Waals surface area (Å²) in [5.74, 6) is 0. The van der Waals surface area contributed by atoms with Gasteiger partial charge in [0.05, 0.1) is 4.90 Å². The highest BCUT2D eigenvalue weighted by Crippen LogP contribution is 2.42. The first-order valence-corrected chi connectivity index (χ1v) is 10.5. The maximum absolute atomic E-state index is 14.0. The van der Waals surface area contributed by atoms with Gasteiger partial charge in [0.1, 0.15) is 5.69 Å². The zero-order valence-corrected chi connectivity index (χ0v) is 16.2. The van der Waals surface area contributed by atoms with Crippen molar-refractivity contribution in [2.75, 3.05) is 12.9 Å². The molecule has 0 unspecified atom stereocenters. The molecule has 29 heavy (non-hydrogen) atoms. The van der Waals surface area contributed by atoms with Gasteiger partial charge in [-0.15, -0.1) is 0 Å². The Bertz CT molecular complexity index is 1090. The van der Waals surface area contributed by atoms with E-state index in [0.717, 1.165) is 10.9 Å². The SMILES string of the molecule is CS(=O)(=O)c1ccc(-c2nn(CCCO)c(C(F)(F)F)c2-c2ccncc2)cc1. The Morgan fingerprint density at radius 2 is 1.66 bits per heavy atom. The minimum atomic E-state index is -4.69. The van der Waals surface area contributed by atoms with E-state index in [1.165, 1.54) is 48.8 Å². The molecule has 2 aromatic heterocycles.